The van der Waals surface area contributed by atoms with Crippen LogP contribution in [0.2, 0.25) is 0 Å². The largest absolute Gasteiger partial charge is 0.493 e. The SMILES string of the molecule is COc1ccc(-c2ccc3c(c2)COC3=O)c(OCC2(C(=O)OCC(C)(C)C)CC2)c1OC. The van der Waals surface area contributed by atoms with E-state index in [1.807, 2.05) is 39.0 Å². The summed E-state index contributed by atoms with van der Waals surface area (Å²) >= 11 is 0. The van der Waals surface area contributed by atoms with E-state index in [1.165, 1.54) is 0 Å². The first-order chi connectivity index (χ1) is 15.7. The average molecular weight is 455 g/mol. The molecule has 0 unspecified atom stereocenters. The molecular formula is C26H30O7. The Bertz CT molecular complexity index is 1080. The minimum Gasteiger partial charge on any atom is -0.493 e. The molecule has 33 heavy (non-hydrogen) atoms. The number of esters is 2. The quantitative estimate of drug-likeness (QED) is 0.531. The van der Waals surface area contributed by atoms with E-state index in [0.717, 1.165) is 29.5 Å². The first-order valence-corrected chi connectivity index (χ1v) is 11.0. The summed E-state index contributed by atoms with van der Waals surface area (Å²) in [6.45, 7) is 6.86. The number of benzene rings is 2. The number of ether oxygens (including phenoxy) is 5. The van der Waals surface area contributed by atoms with Crippen LogP contribution in [0.3, 0.4) is 0 Å². The number of methoxy groups -OCH3 is 2. The van der Waals surface area contributed by atoms with Gasteiger partial charge in [-0.1, -0.05) is 26.8 Å². The molecule has 0 radical (unpaired) electrons. The molecule has 0 N–H and O–H groups in total. The molecule has 0 amide bonds. The minimum absolute atomic E-state index is 0.103. The summed E-state index contributed by atoms with van der Waals surface area (Å²) in [5.74, 6) is 0.911. The lowest BCUT2D eigenvalue weighted by atomic mass is 9.98. The fraction of sp³-hybridized carbons (Fsp3) is 0.462. The van der Waals surface area contributed by atoms with Gasteiger partial charge in [-0.15, -0.1) is 0 Å². The first-order valence-electron chi connectivity index (χ1n) is 11.0. The minimum atomic E-state index is -0.644. The fourth-order valence-electron chi connectivity index (χ4n) is 3.77. The van der Waals surface area contributed by atoms with Crippen LogP contribution in [0.15, 0.2) is 30.3 Å². The first kappa shape index (κ1) is 23.0. The topological polar surface area (TPSA) is 80.3 Å². The van der Waals surface area contributed by atoms with Crippen molar-refractivity contribution in [3.63, 3.8) is 0 Å². The van der Waals surface area contributed by atoms with Crippen molar-refractivity contribution in [1.82, 2.24) is 0 Å². The highest BCUT2D eigenvalue weighted by Gasteiger charge is 2.52. The summed E-state index contributed by atoms with van der Waals surface area (Å²) in [6, 6.07) is 9.21. The van der Waals surface area contributed by atoms with Gasteiger partial charge in [0.25, 0.3) is 0 Å². The second-order valence-electron chi connectivity index (χ2n) is 9.83. The number of fused-ring (bicyclic) bond motifs is 1. The molecule has 0 bridgehead atoms. The lowest BCUT2D eigenvalue weighted by Gasteiger charge is -2.23. The van der Waals surface area contributed by atoms with Crippen molar-refractivity contribution < 1.29 is 33.3 Å². The predicted octanol–water partition coefficient (Wildman–Crippen LogP) is 4.79. The average Bonchev–Trinajstić information content (AvgIpc) is 3.50. The monoisotopic (exact) mass is 454 g/mol. The van der Waals surface area contributed by atoms with Gasteiger partial charge in [-0.3, -0.25) is 4.79 Å². The maximum atomic E-state index is 12.8. The van der Waals surface area contributed by atoms with Crippen LogP contribution in [-0.2, 0) is 20.9 Å². The smallest absolute Gasteiger partial charge is 0.338 e. The molecule has 1 heterocycles. The second-order valence-corrected chi connectivity index (χ2v) is 9.83. The van der Waals surface area contributed by atoms with Gasteiger partial charge in [0.2, 0.25) is 5.75 Å². The summed E-state index contributed by atoms with van der Waals surface area (Å²) in [5, 5.41) is 0. The van der Waals surface area contributed by atoms with Gasteiger partial charge in [0.05, 0.1) is 26.4 Å². The maximum absolute atomic E-state index is 12.8. The zero-order chi connectivity index (χ0) is 23.8. The summed E-state index contributed by atoms with van der Waals surface area (Å²) in [6.07, 6.45) is 1.44. The molecule has 2 aromatic rings. The number of carbonyl (C=O) groups is 2. The van der Waals surface area contributed by atoms with E-state index in [0.29, 0.717) is 29.4 Å². The van der Waals surface area contributed by atoms with Crippen molar-refractivity contribution in [1.29, 1.82) is 0 Å². The van der Waals surface area contributed by atoms with E-state index in [4.69, 9.17) is 23.7 Å². The summed E-state index contributed by atoms with van der Waals surface area (Å²) in [7, 11) is 3.11. The van der Waals surface area contributed by atoms with Crippen molar-refractivity contribution in [2.24, 2.45) is 10.8 Å². The molecule has 0 saturated heterocycles. The Balaban J connectivity index is 1.63. The Hall–Kier alpha value is -3.22. The van der Waals surface area contributed by atoms with Crippen molar-refractivity contribution in [2.45, 2.75) is 40.2 Å². The maximum Gasteiger partial charge on any atom is 0.338 e. The van der Waals surface area contributed by atoms with Crippen molar-refractivity contribution >= 4 is 11.9 Å². The van der Waals surface area contributed by atoms with Gasteiger partial charge in [0, 0.05) is 11.1 Å². The van der Waals surface area contributed by atoms with Crippen LogP contribution in [-0.4, -0.2) is 39.4 Å². The van der Waals surface area contributed by atoms with Gasteiger partial charge >= 0.3 is 11.9 Å². The normalized spacial score (nSPS) is 16.0. The third-order valence-corrected chi connectivity index (χ3v) is 5.91. The molecule has 7 nitrogen and oxygen atoms in total. The van der Waals surface area contributed by atoms with E-state index in [1.54, 1.807) is 26.4 Å². The van der Waals surface area contributed by atoms with Gasteiger partial charge in [0.1, 0.15) is 18.6 Å². The Labute approximate surface area is 193 Å². The third kappa shape index (κ3) is 4.63. The molecule has 7 heteroatoms. The zero-order valence-corrected chi connectivity index (χ0v) is 19.8. The zero-order valence-electron chi connectivity index (χ0n) is 19.8. The van der Waals surface area contributed by atoms with Gasteiger partial charge in [0.15, 0.2) is 11.5 Å². The highest BCUT2D eigenvalue weighted by Crippen LogP contribution is 2.50. The Morgan fingerprint density at radius 3 is 2.39 bits per heavy atom. The lowest BCUT2D eigenvalue weighted by Crippen LogP contribution is -2.29. The second kappa shape index (κ2) is 8.61. The van der Waals surface area contributed by atoms with E-state index in [2.05, 4.69) is 0 Å². The molecule has 2 aliphatic rings. The molecule has 4 rings (SSSR count). The molecule has 0 aromatic heterocycles. The molecule has 1 aliphatic carbocycles. The van der Waals surface area contributed by atoms with Crippen LogP contribution in [0.4, 0.5) is 0 Å². The molecule has 1 aliphatic heterocycles. The van der Waals surface area contributed by atoms with Crippen molar-refractivity contribution in [3.05, 3.63) is 41.5 Å². The molecule has 176 valence electrons. The van der Waals surface area contributed by atoms with Gasteiger partial charge < -0.3 is 23.7 Å². The van der Waals surface area contributed by atoms with Crippen molar-refractivity contribution in [3.8, 4) is 28.4 Å². The molecule has 1 saturated carbocycles. The van der Waals surface area contributed by atoms with Crippen LogP contribution in [0.5, 0.6) is 17.2 Å². The van der Waals surface area contributed by atoms with Gasteiger partial charge in [-0.2, -0.15) is 0 Å². The van der Waals surface area contributed by atoms with Crippen LogP contribution in [0.1, 0.15) is 49.5 Å². The molecule has 1 fully saturated rings. The number of carbonyl (C=O) groups excluding carboxylic acids is 2. The Morgan fingerprint density at radius 1 is 1.03 bits per heavy atom. The van der Waals surface area contributed by atoms with Crippen LogP contribution >= 0.6 is 0 Å². The van der Waals surface area contributed by atoms with E-state index >= 15 is 0 Å². The van der Waals surface area contributed by atoms with Crippen LogP contribution in [0.25, 0.3) is 11.1 Å². The predicted molar refractivity (Wildman–Crippen MR) is 122 cm³/mol. The highest BCUT2D eigenvalue weighted by atomic mass is 16.6. The highest BCUT2D eigenvalue weighted by molar-refractivity contribution is 5.94. The summed E-state index contributed by atoms with van der Waals surface area (Å²) in [4.78, 5) is 24.6. The number of hydrogen-bond acceptors (Lipinski definition) is 7. The fourth-order valence-corrected chi connectivity index (χ4v) is 3.77. The summed E-state index contributed by atoms with van der Waals surface area (Å²) in [5.41, 5.74) is 2.27. The van der Waals surface area contributed by atoms with E-state index in [9.17, 15) is 9.59 Å². The van der Waals surface area contributed by atoms with E-state index in [-0.39, 0.29) is 30.6 Å². The van der Waals surface area contributed by atoms with E-state index < -0.39 is 5.41 Å². The Morgan fingerprint density at radius 2 is 1.76 bits per heavy atom. The molecule has 0 atom stereocenters. The molecular weight excluding hydrogens is 424 g/mol. The standard InChI is InChI=1S/C26H30O7/c1-25(2,3)14-33-24(28)26(10-11-26)15-32-21-18(8-9-20(29-4)22(21)30-5)16-6-7-19-17(12-16)13-31-23(19)27/h6-9,12H,10-11,13-15H2,1-5H3. The number of rotatable bonds is 8. The van der Waals surface area contributed by atoms with Crippen LogP contribution < -0.4 is 14.2 Å². The molecule has 2 aromatic carbocycles. The third-order valence-electron chi connectivity index (χ3n) is 5.91. The lowest BCUT2D eigenvalue weighted by molar-refractivity contribution is -0.154. The number of hydrogen-bond donors (Lipinski definition) is 0. The summed E-state index contributed by atoms with van der Waals surface area (Å²) < 4.78 is 28.1. The van der Waals surface area contributed by atoms with Gasteiger partial charge in [-0.25, -0.2) is 4.79 Å². The Kier molecular flexibility index (Phi) is 5.99. The molecule has 0 spiro atoms. The van der Waals surface area contributed by atoms with Gasteiger partial charge in [-0.05, 0) is 48.1 Å². The number of cyclic esters (lactones) is 1. The van der Waals surface area contributed by atoms with Crippen molar-refractivity contribution in [2.75, 3.05) is 27.4 Å². The van der Waals surface area contributed by atoms with Crippen LogP contribution in [0, 0.1) is 10.8 Å².